The molecule has 1 unspecified atom stereocenters. The molecule has 1 aliphatic rings. The summed E-state index contributed by atoms with van der Waals surface area (Å²) in [6.07, 6.45) is 5.93. The Hall–Kier alpha value is -1.52. The first kappa shape index (κ1) is 21.2. The standard InChI is InChI=1S/C20H23Cl2N3O2S/c1-13-19(14(2)25(3)23-13)24-28(26,27)20-17(21)11-16(12-18(20)22)10-9-15-7-5-4-6-8-15/h11-12,15H,4-8H2,1-3H3,(H-,24,26,27)/p+1. The lowest BCUT2D eigenvalue weighted by Gasteiger charge is -2.15. The summed E-state index contributed by atoms with van der Waals surface area (Å²) >= 11 is 12.7. The maximum absolute atomic E-state index is 13.0. The van der Waals surface area contributed by atoms with E-state index >= 15 is 0 Å². The zero-order valence-corrected chi connectivity index (χ0v) is 18.5. The summed E-state index contributed by atoms with van der Waals surface area (Å²) in [5.41, 5.74) is 2.49. The number of aromatic nitrogens is 2. The lowest BCUT2D eigenvalue weighted by molar-refractivity contribution is 0.430. The van der Waals surface area contributed by atoms with Gasteiger partial charge in [-0.05, 0) is 43.0 Å². The minimum Gasteiger partial charge on any atom is -0.270 e. The highest BCUT2D eigenvalue weighted by molar-refractivity contribution is 7.99. The molecule has 150 valence electrons. The molecule has 2 aromatic rings. The third-order valence-corrected chi connectivity index (χ3v) is 7.34. The maximum Gasteiger partial charge on any atom is 0.349 e. The van der Waals surface area contributed by atoms with E-state index in [0.29, 0.717) is 22.9 Å². The predicted octanol–water partition coefficient (Wildman–Crippen LogP) is 5.63. The van der Waals surface area contributed by atoms with Crippen molar-refractivity contribution in [2.45, 2.75) is 50.8 Å². The molecule has 0 radical (unpaired) electrons. The van der Waals surface area contributed by atoms with Crippen molar-refractivity contribution in [2.24, 2.45) is 13.0 Å². The molecule has 1 aliphatic carbocycles. The van der Waals surface area contributed by atoms with Crippen molar-refractivity contribution < 1.29 is 8.76 Å². The largest absolute Gasteiger partial charge is 0.349 e. The van der Waals surface area contributed by atoms with E-state index < -0.39 is 10.4 Å². The maximum atomic E-state index is 13.0. The number of aryl methyl sites for hydroxylation is 2. The van der Waals surface area contributed by atoms with Gasteiger partial charge in [0.2, 0.25) is 0 Å². The minimum absolute atomic E-state index is 0.0401. The number of anilines is 1. The van der Waals surface area contributed by atoms with Crippen molar-refractivity contribution in [3.05, 3.63) is 39.1 Å². The van der Waals surface area contributed by atoms with Gasteiger partial charge in [0, 0.05) is 18.5 Å². The van der Waals surface area contributed by atoms with Gasteiger partial charge in [-0.3, -0.25) is 4.68 Å². The predicted molar refractivity (Wildman–Crippen MR) is 115 cm³/mol. The van der Waals surface area contributed by atoms with Crippen LogP contribution in [0.15, 0.2) is 17.0 Å². The van der Waals surface area contributed by atoms with Crippen molar-refractivity contribution in [2.75, 3.05) is 4.72 Å². The van der Waals surface area contributed by atoms with Crippen molar-refractivity contribution >= 4 is 39.3 Å². The van der Waals surface area contributed by atoms with E-state index in [1.54, 1.807) is 30.8 Å². The number of hydrogen-bond donors (Lipinski definition) is 2. The van der Waals surface area contributed by atoms with Gasteiger partial charge >= 0.3 is 10.4 Å². The van der Waals surface area contributed by atoms with Crippen LogP contribution in [0.2, 0.25) is 10.0 Å². The molecule has 1 atom stereocenters. The molecule has 0 amide bonds. The molecule has 1 fully saturated rings. The molecule has 0 saturated heterocycles. The third kappa shape index (κ3) is 4.55. The lowest BCUT2D eigenvalue weighted by Crippen LogP contribution is -2.22. The van der Waals surface area contributed by atoms with Gasteiger partial charge in [0.05, 0.1) is 11.4 Å². The summed E-state index contributed by atoms with van der Waals surface area (Å²) in [6, 6.07) is 3.19. The minimum atomic E-state index is -3.72. The highest BCUT2D eigenvalue weighted by atomic mass is 35.5. The number of rotatable bonds is 3. The van der Waals surface area contributed by atoms with Crippen LogP contribution in [0.25, 0.3) is 0 Å². The molecule has 0 spiro atoms. The van der Waals surface area contributed by atoms with Crippen LogP contribution in [0.5, 0.6) is 0 Å². The third-order valence-electron chi connectivity index (χ3n) is 5.05. The van der Waals surface area contributed by atoms with Crippen molar-refractivity contribution in [3.8, 4) is 11.8 Å². The Kier molecular flexibility index (Phi) is 6.41. The zero-order chi connectivity index (χ0) is 20.5. The second-order valence-corrected chi connectivity index (χ2v) is 9.65. The van der Waals surface area contributed by atoms with Gasteiger partial charge in [-0.15, -0.1) is 0 Å². The van der Waals surface area contributed by atoms with Crippen LogP contribution >= 0.6 is 23.2 Å². The topological polar surface area (TPSA) is 67.2 Å². The number of nitrogens with zero attached hydrogens (tertiary/aromatic N) is 2. The van der Waals surface area contributed by atoms with Crippen molar-refractivity contribution in [1.82, 2.24) is 9.78 Å². The second-order valence-electron chi connectivity index (χ2n) is 7.17. The van der Waals surface area contributed by atoms with E-state index in [0.717, 1.165) is 18.5 Å². The van der Waals surface area contributed by atoms with Crippen molar-refractivity contribution in [3.63, 3.8) is 0 Å². The second kappa shape index (κ2) is 8.46. The average Bonchev–Trinajstić information content (AvgIpc) is 2.86. The normalized spacial score (nSPS) is 16.9. The molecular weight excluding hydrogens is 417 g/mol. The molecule has 0 bridgehead atoms. The van der Waals surface area contributed by atoms with E-state index in [1.807, 2.05) is 6.92 Å². The monoisotopic (exact) mass is 440 g/mol. The fourth-order valence-electron chi connectivity index (χ4n) is 3.44. The molecule has 8 heteroatoms. The first-order valence-electron chi connectivity index (χ1n) is 9.24. The summed E-state index contributed by atoms with van der Waals surface area (Å²) < 4.78 is 28.0. The molecule has 1 aromatic carbocycles. The highest BCUT2D eigenvalue weighted by Gasteiger charge is 2.37. The first-order chi connectivity index (χ1) is 13.2. The summed E-state index contributed by atoms with van der Waals surface area (Å²) in [7, 11) is -1.95. The molecular formula is C20H24Cl2N3O2S+. The number of benzene rings is 1. The fraction of sp³-hybridized carbons (Fsp3) is 0.450. The van der Waals surface area contributed by atoms with Crippen LogP contribution in [-0.2, 0) is 21.7 Å². The molecule has 28 heavy (non-hydrogen) atoms. The zero-order valence-electron chi connectivity index (χ0n) is 16.2. The number of hydrogen-bond acceptors (Lipinski definition) is 2. The van der Waals surface area contributed by atoms with Crippen molar-refractivity contribution in [1.29, 1.82) is 0 Å². The van der Waals surface area contributed by atoms with E-state index in [9.17, 15) is 8.76 Å². The Balaban J connectivity index is 1.89. The molecule has 0 aliphatic heterocycles. The van der Waals surface area contributed by atoms with Gasteiger partial charge in [-0.2, -0.15) is 14.4 Å². The van der Waals surface area contributed by atoms with E-state index in [4.69, 9.17) is 23.2 Å². The molecule has 1 saturated carbocycles. The van der Waals surface area contributed by atoms with Gasteiger partial charge in [0.1, 0.15) is 15.7 Å². The molecule has 5 nitrogen and oxygen atoms in total. The Morgan fingerprint density at radius 3 is 2.36 bits per heavy atom. The van der Waals surface area contributed by atoms with Crippen LogP contribution < -0.4 is 4.72 Å². The van der Waals surface area contributed by atoms with E-state index in [-0.39, 0.29) is 14.9 Å². The van der Waals surface area contributed by atoms with Gasteiger partial charge in [-0.25, -0.2) is 0 Å². The van der Waals surface area contributed by atoms with E-state index in [2.05, 4.69) is 21.7 Å². The molecule has 1 heterocycles. The first-order valence-corrected chi connectivity index (χ1v) is 11.5. The van der Waals surface area contributed by atoms with E-state index in [1.165, 1.54) is 19.3 Å². The number of halogens is 2. The summed E-state index contributed by atoms with van der Waals surface area (Å²) in [5.74, 6) is 6.79. The molecule has 3 rings (SSSR count). The van der Waals surface area contributed by atoms with Gasteiger partial charge < -0.3 is 0 Å². The smallest absolute Gasteiger partial charge is 0.270 e. The van der Waals surface area contributed by atoms with Crippen LogP contribution in [0.1, 0.15) is 49.1 Å². The Labute approximate surface area is 177 Å². The molecule has 2 N–H and O–H groups in total. The summed E-state index contributed by atoms with van der Waals surface area (Å²) in [6.45, 7) is 3.57. The Morgan fingerprint density at radius 1 is 1.21 bits per heavy atom. The molecule has 1 aromatic heterocycles. The Morgan fingerprint density at radius 2 is 1.82 bits per heavy atom. The SMILES string of the molecule is Cc1nn(C)c(C)c1N[S+](=O)(O)c1c(Cl)cc(C#CC2CCCCC2)cc1Cl. The summed E-state index contributed by atoms with van der Waals surface area (Å²) in [5, 5.41) is 4.47. The highest BCUT2D eigenvalue weighted by Crippen LogP contribution is 2.36. The van der Waals surface area contributed by atoms with Gasteiger partial charge in [0.15, 0.2) is 0 Å². The lowest BCUT2D eigenvalue weighted by atomic mass is 9.90. The van der Waals surface area contributed by atoms with Gasteiger partial charge in [-0.1, -0.05) is 54.3 Å². The fourth-order valence-corrected chi connectivity index (χ4v) is 5.87. The Bertz CT molecular complexity index is 978. The summed E-state index contributed by atoms with van der Waals surface area (Å²) in [4.78, 5) is -0.0401. The van der Waals surface area contributed by atoms with Crippen LogP contribution in [-0.4, -0.2) is 14.3 Å². The van der Waals surface area contributed by atoms with Gasteiger partial charge in [0.25, 0.3) is 4.90 Å². The number of nitrogens with one attached hydrogen (secondary N) is 1. The van der Waals surface area contributed by atoms with Crippen LogP contribution in [0.4, 0.5) is 5.69 Å². The van der Waals surface area contributed by atoms with Crippen LogP contribution in [0.3, 0.4) is 0 Å². The quantitative estimate of drug-likeness (QED) is 0.479. The van der Waals surface area contributed by atoms with Crippen LogP contribution in [0, 0.1) is 31.6 Å². The average molecular weight is 441 g/mol.